The zero-order chi connectivity index (χ0) is 16.3. The summed E-state index contributed by atoms with van der Waals surface area (Å²) in [5.41, 5.74) is 0.385. The summed E-state index contributed by atoms with van der Waals surface area (Å²) >= 11 is 8.63. The van der Waals surface area contributed by atoms with Gasteiger partial charge in [-0.3, -0.25) is 14.8 Å². The Morgan fingerprint density at radius 3 is 2.68 bits per heavy atom. The molecule has 1 aromatic heterocycles. The second-order valence-electron chi connectivity index (χ2n) is 4.10. The van der Waals surface area contributed by atoms with E-state index in [4.69, 9.17) is 11.6 Å². The van der Waals surface area contributed by atoms with E-state index in [2.05, 4.69) is 20.2 Å². The highest BCUT2D eigenvalue weighted by Gasteiger charge is 2.15. The molecule has 0 aliphatic carbocycles. The lowest BCUT2D eigenvalue weighted by atomic mass is 10.2. The van der Waals surface area contributed by atoms with Crippen molar-refractivity contribution in [2.45, 2.75) is 4.34 Å². The number of halogens is 1. The molecule has 7 nitrogen and oxygen atoms in total. The van der Waals surface area contributed by atoms with Crippen molar-refractivity contribution in [3.05, 3.63) is 28.8 Å². The molecule has 0 unspecified atom stereocenters. The van der Waals surface area contributed by atoms with E-state index in [1.165, 1.54) is 41.3 Å². The Balaban J connectivity index is 2.23. The first-order valence-corrected chi connectivity index (χ1v) is 10.1. The number of aromatic nitrogens is 2. The SMILES string of the molecule is CSc1nnc(NC(=O)c2cc(NS(C)(=O)=O)ccc2Cl)s1. The standard InChI is InChI=1S/C11H11ClN4O3S3/c1-20-11-15-14-10(21-11)13-9(17)7-5-6(3-4-8(7)12)16-22(2,18)19/h3-5,16H,1-2H3,(H,13,14,17). The molecule has 2 rings (SSSR count). The Labute approximate surface area is 140 Å². The van der Waals surface area contributed by atoms with E-state index >= 15 is 0 Å². The van der Waals surface area contributed by atoms with Crippen LogP contribution in [0.5, 0.6) is 0 Å². The molecule has 0 radical (unpaired) electrons. The maximum atomic E-state index is 12.2. The van der Waals surface area contributed by atoms with Crippen molar-refractivity contribution in [1.29, 1.82) is 0 Å². The van der Waals surface area contributed by atoms with Crippen molar-refractivity contribution < 1.29 is 13.2 Å². The monoisotopic (exact) mass is 378 g/mol. The maximum Gasteiger partial charge on any atom is 0.259 e. The molecular weight excluding hydrogens is 368 g/mol. The molecular formula is C11H11ClN4O3S3. The molecule has 0 fully saturated rings. The summed E-state index contributed by atoms with van der Waals surface area (Å²) in [7, 11) is -3.44. The lowest BCUT2D eigenvalue weighted by molar-refractivity contribution is 0.102. The van der Waals surface area contributed by atoms with Gasteiger partial charge in [0, 0.05) is 5.69 Å². The van der Waals surface area contributed by atoms with E-state index in [0.717, 1.165) is 6.26 Å². The molecule has 0 spiro atoms. The number of rotatable bonds is 5. The van der Waals surface area contributed by atoms with Crippen molar-refractivity contribution in [2.24, 2.45) is 0 Å². The van der Waals surface area contributed by atoms with Crippen LogP contribution in [-0.4, -0.2) is 37.0 Å². The van der Waals surface area contributed by atoms with E-state index in [1.807, 2.05) is 6.26 Å². The summed E-state index contributed by atoms with van der Waals surface area (Å²) in [6.07, 6.45) is 2.87. The fourth-order valence-corrected chi connectivity index (χ4v) is 3.41. The number of benzene rings is 1. The van der Waals surface area contributed by atoms with Crippen molar-refractivity contribution in [3.8, 4) is 0 Å². The number of carbonyl (C=O) groups excluding carboxylic acids is 1. The largest absolute Gasteiger partial charge is 0.296 e. The molecule has 1 heterocycles. The lowest BCUT2D eigenvalue weighted by Crippen LogP contribution is -2.14. The highest BCUT2D eigenvalue weighted by molar-refractivity contribution is 8.00. The summed E-state index contributed by atoms with van der Waals surface area (Å²) in [6.45, 7) is 0. The second-order valence-corrected chi connectivity index (χ2v) is 8.29. The van der Waals surface area contributed by atoms with Crippen LogP contribution in [0.1, 0.15) is 10.4 Å². The first-order valence-electron chi connectivity index (χ1n) is 5.74. The highest BCUT2D eigenvalue weighted by atomic mass is 35.5. The third kappa shape index (κ3) is 4.57. The van der Waals surface area contributed by atoms with Gasteiger partial charge in [-0.2, -0.15) is 0 Å². The number of thioether (sulfide) groups is 1. The number of nitrogens with zero attached hydrogens (tertiary/aromatic N) is 2. The number of hydrogen-bond acceptors (Lipinski definition) is 7. The van der Waals surface area contributed by atoms with Crippen LogP contribution in [0.15, 0.2) is 22.5 Å². The molecule has 11 heteroatoms. The summed E-state index contributed by atoms with van der Waals surface area (Å²) in [5.74, 6) is -0.494. The highest BCUT2D eigenvalue weighted by Crippen LogP contribution is 2.26. The third-order valence-electron chi connectivity index (χ3n) is 2.32. The van der Waals surface area contributed by atoms with Gasteiger partial charge in [0.2, 0.25) is 15.2 Å². The van der Waals surface area contributed by atoms with Crippen LogP contribution in [0.2, 0.25) is 5.02 Å². The molecule has 1 aromatic carbocycles. The molecule has 118 valence electrons. The van der Waals surface area contributed by atoms with Gasteiger partial charge in [-0.15, -0.1) is 10.2 Å². The first-order chi connectivity index (χ1) is 10.3. The van der Waals surface area contributed by atoms with Crippen LogP contribution in [0.4, 0.5) is 10.8 Å². The number of nitrogens with one attached hydrogen (secondary N) is 2. The van der Waals surface area contributed by atoms with Gasteiger partial charge >= 0.3 is 0 Å². The summed E-state index contributed by atoms with van der Waals surface area (Å²) in [6, 6.07) is 4.27. The molecule has 22 heavy (non-hydrogen) atoms. The molecule has 0 aliphatic heterocycles. The molecule has 2 N–H and O–H groups in total. The normalized spacial score (nSPS) is 11.2. The summed E-state index contributed by atoms with van der Waals surface area (Å²) < 4.78 is 25.5. The zero-order valence-electron chi connectivity index (χ0n) is 11.5. The van der Waals surface area contributed by atoms with Crippen LogP contribution in [-0.2, 0) is 10.0 Å². The van der Waals surface area contributed by atoms with Crippen LogP contribution in [0, 0.1) is 0 Å². The van der Waals surface area contributed by atoms with Gasteiger partial charge in [0.05, 0.1) is 16.8 Å². The minimum atomic E-state index is -3.44. The Bertz CT molecular complexity index is 807. The molecule has 0 aliphatic rings. The van der Waals surface area contributed by atoms with E-state index < -0.39 is 15.9 Å². The Kier molecular flexibility index (Phi) is 5.27. The Morgan fingerprint density at radius 2 is 2.09 bits per heavy atom. The van der Waals surface area contributed by atoms with E-state index in [0.29, 0.717) is 9.47 Å². The smallest absolute Gasteiger partial charge is 0.259 e. The lowest BCUT2D eigenvalue weighted by Gasteiger charge is -2.08. The predicted octanol–water partition coefficient (Wildman–Crippen LogP) is 2.54. The Hall–Kier alpha value is -1.36. The molecule has 0 saturated heterocycles. The van der Waals surface area contributed by atoms with Crippen molar-refractivity contribution in [2.75, 3.05) is 22.6 Å². The van der Waals surface area contributed by atoms with Crippen molar-refractivity contribution in [3.63, 3.8) is 0 Å². The van der Waals surface area contributed by atoms with E-state index in [-0.39, 0.29) is 16.3 Å². The zero-order valence-corrected chi connectivity index (χ0v) is 14.7. The average molecular weight is 379 g/mol. The van der Waals surface area contributed by atoms with Gasteiger partial charge in [0.25, 0.3) is 5.91 Å². The number of amides is 1. The fraction of sp³-hybridized carbons (Fsp3) is 0.182. The van der Waals surface area contributed by atoms with Gasteiger partial charge in [-0.05, 0) is 24.5 Å². The Morgan fingerprint density at radius 1 is 1.36 bits per heavy atom. The summed E-state index contributed by atoms with van der Waals surface area (Å²) in [4.78, 5) is 12.2. The van der Waals surface area contributed by atoms with Crippen LogP contribution in [0.25, 0.3) is 0 Å². The number of sulfonamides is 1. The number of hydrogen-bond donors (Lipinski definition) is 2. The van der Waals surface area contributed by atoms with Crippen LogP contribution < -0.4 is 10.0 Å². The molecule has 0 saturated carbocycles. The van der Waals surface area contributed by atoms with Gasteiger partial charge in [0.15, 0.2) is 4.34 Å². The second kappa shape index (κ2) is 6.82. The minimum absolute atomic E-state index is 0.135. The number of anilines is 2. The number of carbonyl (C=O) groups is 1. The minimum Gasteiger partial charge on any atom is -0.296 e. The van der Waals surface area contributed by atoms with Gasteiger partial charge in [-0.1, -0.05) is 34.7 Å². The molecule has 1 amide bonds. The summed E-state index contributed by atoms with van der Waals surface area (Å²) in [5, 5.41) is 10.8. The topological polar surface area (TPSA) is 101 Å². The first kappa shape index (κ1) is 17.0. The maximum absolute atomic E-state index is 12.2. The van der Waals surface area contributed by atoms with Crippen LogP contribution >= 0.6 is 34.7 Å². The van der Waals surface area contributed by atoms with Gasteiger partial charge in [-0.25, -0.2) is 8.42 Å². The van der Waals surface area contributed by atoms with E-state index in [1.54, 1.807) is 0 Å². The van der Waals surface area contributed by atoms with E-state index in [9.17, 15) is 13.2 Å². The molecule has 0 bridgehead atoms. The molecule has 2 aromatic rings. The van der Waals surface area contributed by atoms with Gasteiger partial charge < -0.3 is 0 Å². The molecule has 0 atom stereocenters. The van der Waals surface area contributed by atoms with Crippen molar-refractivity contribution >= 4 is 61.4 Å². The van der Waals surface area contributed by atoms with Crippen molar-refractivity contribution in [1.82, 2.24) is 10.2 Å². The van der Waals surface area contributed by atoms with Gasteiger partial charge in [0.1, 0.15) is 0 Å². The quantitative estimate of drug-likeness (QED) is 0.612. The van der Waals surface area contributed by atoms with Crippen LogP contribution in [0.3, 0.4) is 0 Å². The fourth-order valence-electron chi connectivity index (χ4n) is 1.48. The third-order valence-corrected chi connectivity index (χ3v) is 5.07. The predicted molar refractivity (Wildman–Crippen MR) is 89.6 cm³/mol. The average Bonchev–Trinajstić information content (AvgIpc) is 2.87.